The molecular formula is C20H30N4O2. The zero-order valence-electron chi connectivity index (χ0n) is 16.2. The molecule has 2 N–H and O–H groups in total. The van der Waals surface area contributed by atoms with Gasteiger partial charge in [0.05, 0.1) is 22.8 Å². The van der Waals surface area contributed by atoms with Crippen LogP contribution < -0.4 is 0 Å². The molecule has 26 heavy (non-hydrogen) atoms. The van der Waals surface area contributed by atoms with Crippen molar-refractivity contribution in [1.82, 2.24) is 0 Å². The molecule has 0 saturated carbocycles. The molecule has 0 aliphatic carbocycles. The molecule has 0 bridgehead atoms. The second-order valence-corrected chi connectivity index (χ2v) is 6.21. The average molecular weight is 358 g/mol. The summed E-state index contributed by atoms with van der Waals surface area (Å²) in [5.74, 6) is 0.205. The fourth-order valence-corrected chi connectivity index (χ4v) is 2.65. The van der Waals surface area contributed by atoms with Crippen molar-refractivity contribution in [2.75, 3.05) is 13.1 Å². The van der Waals surface area contributed by atoms with Gasteiger partial charge in [-0.2, -0.15) is 0 Å². The molecule has 1 rings (SSSR count). The molecule has 0 spiro atoms. The highest BCUT2D eigenvalue weighted by molar-refractivity contribution is 6.41. The zero-order chi connectivity index (χ0) is 19.4. The lowest BCUT2D eigenvalue weighted by Crippen LogP contribution is -2.18. The number of aliphatic imine (C=N–C) groups is 2. The van der Waals surface area contributed by atoms with Crippen LogP contribution in [-0.4, -0.2) is 46.4 Å². The summed E-state index contributed by atoms with van der Waals surface area (Å²) in [4.78, 5) is 9.21. The maximum absolute atomic E-state index is 9.04. The van der Waals surface area contributed by atoms with Gasteiger partial charge < -0.3 is 10.4 Å². The number of hydrogen-bond acceptors (Lipinski definition) is 6. The van der Waals surface area contributed by atoms with E-state index in [1.54, 1.807) is 0 Å². The van der Waals surface area contributed by atoms with Gasteiger partial charge in [0, 0.05) is 19.0 Å². The van der Waals surface area contributed by atoms with E-state index in [0.717, 1.165) is 17.8 Å². The van der Waals surface area contributed by atoms with E-state index < -0.39 is 0 Å². The Kier molecular flexibility index (Phi) is 9.90. The minimum Gasteiger partial charge on any atom is -0.411 e. The Labute approximate surface area is 156 Å². The summed E-state index contributed by atoms with van der Waals surface area (Å²) in [6.45, 7) is 8.77. The van der Waals surface area contributed by atoms with Gasteiger partial charge in [0.15, 0.2) is 0 Å². The summed E-state index contributed by atoms with van der Waals surface area (Å²) in [5, 5.41) is 24.7. The van der Waals surface area contributed by atoms with Crippen molar-refractivity contribution in [3.63, 3.8) is 0 Å². The van der Waals surface area contributed by atoms with Crippen molar-refractivity contribution >= 4 is 22.8 Å². The molecule has 1 aromatic carbocycles. The second-order valence-electron chi connectivity index (χ2n) is 6.21. The van der Waals surface area contributed by atoms with Crippen LogP contribution in [0.25, 0.3) is 0 Å². The minimum atomic E-state index is 0.205. The van der Waals surface area contributed by atoms with Crippen LogP contribution in [0.3, 0.4) is 0 Å². The highest BCUT2D eigenvalue weighted by Gasteiger charge is 2.11. The first kappa shape index (κ1) is 21.5. The van der Waals surface area contributed by atoms with Crippen molar-refractivity contribution in [3.05, 3.63) is 35.9 Å². The van der Waals surface area contributed by atoms with Gasteiger partial charge in [-0.3, -0.25) is 9.98 Å². The summed E-state index contributed by atoms with van der Waals surface area (Å²) in [7, 11) is 0. The maximum atomic E-state index is 9.04. The fraction of sp³-hybridized carbons (Fsp3) is 0.500. The van der Waals surface area contributed by atoms with Crippen LogP contribution in [0.5, 0.6) is 0 Å². The third-order valence-corrected chi connectivity index (χ3v) is 4.29. The van der Waals surface area contributed by atoms with Crippen molar-refractivity contribution in [2.45, 2.75) is 47.0 Å². The van der Waals surface area contributed by atoms with Gasteiger partial charge in [0.25, 0.3) is 0 Å². The largest absolute Gasteiger partial charge is 0.411 e. The Bertz CT molecular complexity index is 626. The molecule has 1 aromatic rings. The predicted octanol–water partition coefficient (Wildman–Crippen LogP) is 4.25. The lowest BCUT2D eigenvalue weighted by molar-refractivity contribution is 0.319. The molecule has 0 radical (unpaired) electrons. The Morgan fingerprint density at radius 3 is 1.69 bits per heavy atom. The first-order valence-electron chi connectivity index (χ1n) is 9.04. The molecule has 142 valence electrons. The molecule has 0 atom stereocenters. The van der Waals surface area contributed by atoms with Gasteiger partial charge in [-0.15, -0.1) is 0 Å². The molecule has 0 aliphatic heterocycles. The van der Waals surface area contributed by atoms with Gasteiger partial charge in [-0.25, -0.2) is 0 Å². The molecule has 0 aliphatic rings. The molecule has 6 heteroatoms. The predicted molar refractivity (Wildman–Crippen MR) is 109 cm³/mol. The summed E-state index contributed by atoms with van der Waals surface area (Å²) < 4.78 is 0. The molecule has 0 aromatic heterocycles. The van der Waals surface area contributed by atoms with E-state index in [9.17, 15) is 0 Å². The Morgan fingerprint density at radius 2 is 1.31 bits per heavy atom. The van der Waals surface area contributed by atoms with E-state index in [1.807, 2.05) is 45.9 Å². The third kappa shape index (κ3) is 7.17. The third-order valence-electron chi connectivity index (χ3n) is 4.29. The number of nitrogens with zero attached hydrogens (tertiary/aromatic N) is 4. The Hall–Kier alpha value is -2.50. The van der Waals surface area contributed by atoms with Crippen LogP contribution in [0.15, 0.2) is 50.6 Å². The highest BCUT2D eigenvalue weighted by atomic mass is 16.4. The van der Waals surface area contributed by atoms with Crippen LogP contribution in [0, 0.1) is 5.92 Å². The fourth-order valence-electron chi connectivity index (χ4n) is 2.65. The quantitative estimate of drug-likeness (QED) is 0.372. The number of oxime groups is 2. The van der Waals surface area contributed by atoms with Crippen LogP contribution in [0.1, 0.15) is 46.1 Å². The lowest BCUT2D eigenvalue weighted by Gasteiger charge is -2.14. The van der Waals surface area contributed by atoms with Crippen LogP contribution in [0.2, 0.25) is 0 Å². The standard InChI is InChI=1S/C20H30N4O2/c1-5-19(23-25)15(3)21-13-18(12-17-10-8-7-9-11-17)14-22-16(4)20(6-2)24-26/h7-11,18,25-26H,5-6,12-14H2,1-4H3/b21-15?,22-16?,23-19-,24-20-. The number of rotatable bonds is 10. The summed E-state index contributed by atoms with van der Waals surface area (Å²) >= 11 is 0. The molecule has 0 saturated heterocycles. The Morgan fingerprint density at radius 1 is 0.846 bits per heavy atom. The second kappa shape index (κ2) is 12.0. The monoisotopic (exact) mass is 358 g/mol. The lowest BCUT2D eigenvalue weighted by atomic mass is 9.99. The van der Waals surface area contributed by atoms with E-state index in [0.29, 0.717) is 37.4 Å². The van der Waals surface area contributed by atoms with Gasteiger partial charge >= 0.3 is 0 Å². The Balaban J connectivity index is 2.92. The molecule has 0 amide bonds. The first-order chi connectivity index (χ1) is 12.5. The van der Waals surface area contributed by atoms with Crippen molar-refractivity contribution < 1.29 is 10.4 Å². The normalized spacial score (nSPS) is 15.2. The smallest absolute Gasteiger partial charge is 0.0999 e. The molecule has 0 heterocycles. The first-order valence-corrected chi connectivity index (χ1v) is 9.04. The zero-order valence-corrected chi connectivity index (χ0v) is 16.2. The van der Waals surface area contributed by atoms with Gasteiger partial charge in [-0.1, -0.05) is 54.5 Å². The van der Waals surface area contributed by atoms with Gasteiger partial charge in [0.1, 0.15) is 0 Å². The summed E-state index contributed by atoms with van der Waals surface area (Å²) in [6, 6.07) is 10.2. The van der Waals surface area contributed by atoms with E-state index >= 15 is 0 Å². The molecule has 6 nitrogen and oxygen atoms in total. The van der Waals surface area contributed by atoms with E-state index in [4.69, 9.17) is 10.4 Å². The summed E-state index contributed by atoms with van der Waals surface area (Å²) in [6.07, 6.45) is 2.13. The van der Waals surface area contributed by atoms with Gasteiger partial charge in [-0.05, 0) is 38.7 Å². The van der Waals surface area contributed by atoms with Crippen LogP contribution in [0.4, 0.5) is 0 Å². The van der Waals surface area contributed by atoms with Crippen LogP contribution in [-0.2, 0) is 6.42 Å². The number of benzene rings is 1. The van der Waals surface area contributed by atoms with E-state index in [-0.39, 0.29) is 5.92 Å². The number of hydrogen-bond donors (Lipinski definition) is 2. The van der Waals surface area contributed by atoms with Crippen molar-refractivity contribution in [1.29, 1.82) is 0 Å². The molecule has 0 unspecified atom stereocenters. The van der Waals surface area contributed by atoms with E-state index in [1.165, 1.54) is 5.56 Å². The average Bonchev–Trinajstić information content (AvgIpc) is 2.66. The minimum absolute atomic E-state index is 0.205. The highest BCUT2D eigenvalue weighted by Crippen LogP contribution is 2.11. The van der Waals surface area contributed by atoms with Crippen molar-refractivity contribution in [2.24, 2.45) is 26.2 Å². The summed E-state index contributed by atoms with van der Waals surface area (Å²) in [5.41, 5.74) is 3.93. The van der Waals surface area contributed by atoms with Crippen LogP contribution >= 0.6 is 0 Å². The van der Waals surface area contributed by atoms with Gasteiger partial charge in [0.2, 0.25) is 0 Å². The maximum Gasteiger partial charge on any atom is 0.0999 e. The molecule has 0 fully saturated rings. The molecular weight excluding hydrogens is 328 g/mol. The van der Waals surface area contributed by atoms with Crippen molar-refractivity contribution in [3.8, 4) is 0 Å². The SMILES string of the molecule is CC/C(=N/O)C(C)=NCC(CN=C(C)/C(CC)=N\O)Cc1ccccc1. The van der Waals surface area contributed by atoms with E-state index in [2.05, 4.69) is 32.4 Å². The topological polar surface area (TPSA) is 89.9 Å².